The summed E-state index contributed by atoms with van der Waals surface area (Å²) in [5.74, 6) is -1.38. The summed E-state index contributed by atoms with van der Waals surface area (Å²) >= 11 is 0. The van der Waals surface area contributed by atoms with Crippen LogP contribution in [0.3, 0.4) is 0 Å². The van der Waals surface area contributed by atoms with E-state index in [1.54, 1.807) is 6.92 Å². The van der Waals surface area contributed by atoms with Crippen molar-refractivity contribution in [2.24, 2.45) is 5.41 Å². The standard InChI is InChI=1S/C18H28O3/c1-8-15(19)20-18(16(2,3)4,21-17(5,6)7)14-12-10-9-11-13-14/h9-13H,8H2,1-7H3. The van der Waals surface area contributed by atoms with Gasteiger partial charge in [-0.3, -0.25) is 4.79 Å². The Morgan fingerprint density at radius 2 is 1.52 bits per heavy atom. The monoisotopic (exact) mass is 292 g/mol. The van der Waals surface area contributed by atoms with E-state index in [1.165, 1.54) is 0 Å². The molecule has 1 unspecified atom stereocenters. The predicted molar refractivity (Wildman–Crippen MR) is 84.8 cm³/mol. The van der Waals surface area contributed by atoms with Gasteiger partial charge in [-0.1, -0.05) is 58.0 Å². The molecule has 1 aromatic carbocycles. The molecule has 0 fully saturated rings. The molecule has 0 spiro atoms. The lowest BCUT2D eigenvalue weighted by Gasteiger charge is -2.47. The fourth-order valence-electron chi connectivity index (χ4n) is 2.20. The molecule has 3 nitrogen and oxygen atoms in total. The van der Waals surface area contributed by atoms with Crippen molar-refractivity contribution in [2.75, 3.05) is 0 Å². The van der Waals surface area contributed by atoms with Crippen molar-refractivity contribution >= 4 is 5.97 Å². The third-order valence-electron chi connectivity index (χ3n) is 3.14. The minimum atomic E-state index is -1.11. The van der Waals surface area contributed by atoms with Gasteiger partial charge in [-0.05, 0) is 20.8 Å². The topological polar surface area (TPSA) is 35.5 Å². The minimum Gasteiger partial charge on any atom is -0.428 e. The third kappa shape index (κ3) is 4.31. The summed E-state index contributed by atoms with van der Waals surface area (Å²) in [6, 6.07) is 9.69. The average Bonchev–Trinajstić information content (AvgIpc) is 2.35. The van der Waals surface area contributed by atoms with E-state index in [1.807, 2.05) is 71.9 Å². The number of carbonyl (C=O) groups is 1. The van der Waals surface area contributed by atoms with E-state index in [0.717, 1.165) is 5.56 Å². The zero-order valence-electron chi connectivity index (χ0n) is 14.3. The maximum atomic E-state index is 12.0. The van der Waals surface area contributed by atoms with E-state index in [-0.39, 0.29) is 5.97 Å². The SMILES string of the molecule is CCC(=O)OC(OC(C)(C)C)(c1ccccc1)C(C)(C)C. The van der Waals surface area contributed by atoms with Crippen LogP contribution in [-0.2, 0) is 20.1 Å². The highest BCUT2D eigenvalue weighted by molar-refractivity contribution is 5.69. The zero-order chi connectivity index (χ0) is 16.3. The number of ether oxygens (including phenoxy) is 2. The normalized spacial score (nSPS) is 15.4. The molecule has 0 radical (unpaired) electrons. The van der Waals surface area contributed by atoms with Gasteiger partial charge in [0.2, 0.25) is 5.79 Å². The number of hydrogen-bond donors (Lipinski definition) is 0. The van der Waals surface area contributed by atoms with Crippen LogP contribution in [-0.4, -0.2) is 11.6 Å². The van der Waals surface area contributed by atoms with Crippen LogP contribution in [0.4, 0.5) is 0 Å². The molecular weight excluding hydrogens is 264 g/mol. The van der Waals surface area contributed by atoms with Crippen molar-refractivity contribution < 1.29 is 14.3 Å². The predicted octanol–water partition coefficient (Wildman–Crippen LogP) is 4.65. The van der Waals surface area contributed by atoms with E-state index in [2.05, 4.69) is 0 Å². The van der Waals surface area contributed by atoms with E-state index in [0.29, 0.717) is 6.42 Å². The summed E-state index contributed by atoms with van der Waals surface area (Å²) in [7, 11) is 0. The van der Waals surface area contributed by atoms with E-state index >= 15 is 0 Å². The molecule has 1 aromatic rings. The Morgan fingerprint density at radius 1 is 1.00 bits per heavy atom. The summed E-state index contributed by atoms with van der Waals surface area (Å²) in [5, 5.41) is 0. The van der Waals surface area contributed by atoms with Crippen molar-refractivity contribution in [1.29, 1.82) is 0 Å². The molecular formula is C18H28O3. The van der Waals surface area contributed by atoms with Gasteiger partial charge in [0.05, 0.1) is 5.60 Å². The molecule has 0 amide bonds. The number of hydrogen-bond acceptors (Lipinski definition) is 3. The van der Waals surface area contributed by atoms with Crippen LogP contribution in [0.1, 0.15) is 60.5 Å². The van der Waals surface area contributed by atoms with Gasteiger partial charge in [-0.2, -0.15) is 0 Å². The zero-order valence-corrected chi connectivity index (χ0v) is 14.3. The molecule has 0 saturated heterocycles. The van der Waals surface area contributed by atoms with Crippen LogP contribution in [0.25, 0.3) is 0 Å². The number of benzene rings is 1. The van der Waals surface area contributed by atoms with Crippen LogP contribution in [0.5, 0.6) is 0 Å². The molecule has 0 N–H and O–H groups in total. The second kappa shape index (κ2) is 6.18. The first-order valence-corrected chi connectivity index (χ1v) is 7.49. The van der Waals surface area contributed by atoms with Gasteiger partial charge in [0, 0.05) is 17.4 Å². The Labute approximate surface area is 128 Å². The fraction of sp³-hybridized carbons (Fsp3) is 0.611. The van der Waals surface area contributed by atoms with Crippen molar-refractivity contribution in [1.82, 2.24) is 0 Å². The molecule has 21 heavy (non-hydrogen) atoms. The molecule has 0 aromatic heterocycles. The van der Waals surface area contributed by atoms with Gasteiger partial charge in [0.15, 0.2) is 0 Å². The van der Waals surface area contributed by atoms with Crippen LogP contribution >= 0.6 is 0 Å². The summed E-state index contributed by atoms with van der Waals surface area (Å²) in [6.07, 6.45) is 0.318. The first-order valence-electron chi connectivity index (χ1n) is 7.49. The summed E-state index contributed by atoms with van der Waals surface area (Å²) in [6.45, 7) is 13.8. The van der Waals surface area contributed by atoms with Gasteiger partial charge in [-0.15, -0.1) is 0 Å². The van der Waals surface area contributed by atoms with Crippen LogP contribution in [0.15, 0.2) is 30.3 Å². The Kier molecular flexibility index (Phi) is 5.21. The Bertz CT molecular complexity index is 465. The van der Waals surface area contributed by atoms with E-state index < -0.39 is 16.8 Å². The lowest BCUT2D eigenvalue weighted by molar-refractivity contribution is -0.318. The van der Waals surface area contributed by atoms with Crippen LogP contribution in [0, 0.1) is 5.41 Å². The quantitative estimate of drug-likeness (QED) is 0.598. The lowest BCUT2D eigenvalue weighted by Crippen LogP contribution is -2.50. The first-order chi connectivity index (χ1) is 9.52. The molecule has 0 saturated carbocycles. The summed E-state index contributed by atoms with van der Waals surface area (Å²) in [4.78, 5) is 12.0. The van der Waals surface area contributed by atoms with Crippen LogP contribution < -0.4 is 0 Å². The molecule has 3 heteroatoms. The largest absolute Gasteiger partial charge is 0.428 e. The second-order valence-corrected chi connectivity index (χ2v) is 7.27. The van der Waals surface area contributed by atoms with Gasteiger partial charge in [0.1, 0.15) is 0 Å². The summed E-state index contributed by atoms with van der Waals surface area (Å²) in [5.41, 5.74) is -0.00177. The minimum absolute atomic E-state index is 0.266. The van der Waals surface area contributed by atoms with Gasteiger partial charge >= 0.3 is 5.97 Å². The van der Waals surface area contributed by atoms with Crippen LogP contribution in [0.2, 0.25) is 0 Å². The second-order valence-electron chi connectivity index (χ2n) is 7.27. The highest BCUT2D eigenvalue weighted by Gasteiger charge is 2.50. The highest BCUT2D eigenvalue weighted by atomic mass is 16.7. The first kappa shape index (κ1) is 17.7. The van der Waals surface area contributed by atoms with E-state index in [4.69, 9.17) is 9.47 Å². The van der Waals surface area contributed by atoms with Crippen molar-refractivity contribution in [2.45, 2.75) is 66.3 Å². The molecule has 0 aliphatic carbocycles. The number of esters is 1. The Morgan fingerprint density at radius 3 is 1.90 bits per heavy atom. The molecule has 0 bridgehead atoms. The lowest BCUT2D eigenvalue weighted by atomic mass is 9.80. The Balaban J connectivity index is 3.45. The Hall–Kier alpha value is -1.35. The van der Waals surface area contributed by atoms with Crippen molar-refractivity contribution in [3.63, 3.8) is 0 Å². The van der Waals surface area contributed by atoms with E-state index in [9.17, 15) is 4.79 Å². The smallest absolute Gasteiger partial charge is 0.308 e. The molecule has 1 rings (SSSR count). The molecule has 0 heterocycles. The highest BCUT2D eigenvalue weighted by Crippen LogP contribution is 2.46. The van der Waals surface area contributed by atoms with Crippen molar-refractivity contribution in [3.8, 4) is 0 Å². The van der Waals surface area contributed by atoms with Gasteiger partial charge in [-0.25, -0.2) is 0 Å². The van der Waals surface area contributed by atoms with Gasteiger partial charge < -0.3 is 9.47 Å². The van der Waals surface area contributed by atoms with Crippen molar-refractivity contribution in [3.05, 3.63) is 35.9 Å². The maximum Gasteiger partial charge on any atom is 0.308 e. The van der Waals surface area contributed by atoms with Gasteiger partial charge in [0.25, 0.3) is 0 Å². The average molecular weight is 292 g/mol. The number of rotatable bonds is 4. The molecule has 0 aliphatic rings. The third-order valence-corrected chi connectivity index (χ3v) is 3.14. The molecule has 118 valence electrons. The maximum absolute atomic E-state index is 12.0. The molecule has 1 atom stereocenters. The molecule has 0 aliphatic heterocycles. The number of carbonyl (C=O) groups excluding carboxylic acids is 1. The summed E-state index contributed by atoms with van der Waals surface area (Å²) < 4.78 is 12.2. The fourth-order valence-corrected chi connectivity index (χ4v) is 2.20.